The zero-order valence-corrected chi connectivity index (χ0v) is 16.8. The molecule has 2 aliphatic rings. The third-order valence-electron chi connectivity index (χ3n) is 5.38. The highest BCUT2D eigenvalue weighted by Gasteiger charge is 2.49. The van der Waals surface area contributed by atoms with E-state index in [1.54, 1.807) is 0 Å². The molecule has 2 aromatic carbocycles. The maximum Gasteiger partial charge on any atom is 0.0781 e. The first-order chi connectivity index (χ1) is 13.5. The van der Waals surface area contributed by atoms with E-state index in [2.05, 4.69) is 11.7 Å². The lowest BCUT2D eigenvalue weighted by Crippen LogP contribution is -2.52. The molecule has 2 heterocycles. The van der Waals surface area contributed by atoms with Crippen molar-refractivity contribution in [3.8, 4) is 0 Å². The first-order valence-corrected chi connectivity index (χ1v) is 9.67. The average Bonchev–Trinajstić information content (AvgIpc) is 3.67. The molecule has 28 heavy (non-hydrogen) atoms. The standard InChI is InChI=1S/C18H22O3.C3H6O.C2H4O/c1-17(15-8-4-2-5-9-15,16-10-6-3-7-11-16)18(12-19,13-20)14-21;1-3-2-4-3;1-2-3-1/h2-11,19-21H,12-14H2,1H3;3H,2H2,1H3;1-2H2. The topological polar surface area (TPSA) is 85.8 Å². The third kappa shape index (κ3) is 5.63. The molecular formula is C23H32O5. The summed E-state index contributed by atoms with van der Waals surface area (Å²) < 4.78 is 9.21. The molecular weight excluding hydrogens is 356 g/mol. The van der Waals surface area contributed by atoms with Gasteiger partial charge in [0.15, 0.2) is 0 Å². The van der Waals surface area contributed by atoms with Crippen LogP contribution in [0.15, 0.2) is 60.7 Å². The van der Waals surface area contributed by atoms with Crippen molar-refractivity contribution in [2.75, 3.05) is 39.6 Å². The third-order valence-corrected chi connectivity index (χ3v) is 5.38. The summed E-state index contributed by atoms with van der Waals surface area (Å²) in [4.78, 5) is 0. The van der Waals surface area contributed by atoms with E-state index in [0.29, 0.717) is 6.10 Å². The summed E-state index contributed by atoms with van der Waals surface area (Å²) in [6, 6.07) is 19.4. The van der Waals surface area contributed by atoms with Crippen molar-refractivity contribution in [1.82, 2.24) is 0 Å². The van der Waals surface area contributed by atoms with Crippen molar-refractivity contribution in [3.05, 3.63) is 71.8 Å². The molecule has 4 rings (SSSR count). The predicted octanol–water partition coefficient (Wildman–Crippen LogP) is 2.38. The van der Waals surface area contributed by atoms with Crippen LogP contribution < -0.4 is 0 Å². The van der Waals surface area contributed by atoms with E-state index in [1.807, 2.05) is 67.6 Å². The average molecular weight is 389 g/mol. The Morgan fingerprint density at radius 2 is 1.14 bits per heavy atom. The number of rotatable bonds is 6. The maximum atomic E-state index is 9.91. The molecule has 0 aliphatic carbocycles. The van der Waals surface area contributed by atoms with E-state index in [4.69, 9.17) is 4.74 Å². The lowest BCUT2D eigenvalue weighted by atomic mass is 9.58. The van der Waals surface area contributed by atoms with Crippen molar-refractivity contribution < 1.29 is 24.8 Å². The number of epoxide rings is 2. The van der Waals surface area contributed by atoms with Crippen molar-refractivity contribution in [2.24, 2.45) is 5.41 Å². The van der Waals surface area contributed by atoms with Crippen LogP contribution in [-0.2, 0) is 14.9 Å². The molecule has 1 atom stereocenters. The molecule has 0 bridgehead atoms. The molecule has 3 N–H and O–H groups in total. The minimum atomic E-state index is -1.05. The number of aliphatic hydroxyl groups is 3. The van der Waals surface area contributed by atoms with Crippen LogP contribution in [0, 0.1) is 5.41 Å². The van der Waals surface area contributed by atoms with Gasteiger partial charge in [-0.25, -0.2) is 0 Å². The number of ether oxygens (including phenoxy) is 2. The van der Waals surface area contributed by atoms with Crippen molar-refractivity contribution in [1.29, 1.82) is 0 Å². The smallest absolute Gasteiger partial charge is 0.0781 e. The lowest BCUT2D eigenvalue weighted by molar-refractivity contribution is -0.0370. The molecule has 0 saturated carbocycles. The first kappa shape index (κ1) is 22.5. The van der Waals surface area contributed by atoms with Crippen LogP contribution in [0.25, 0.3) is 0 Å². The van der Waals surface area contributed by atoms with Gasteiger partial charge in [-0.15, -0.1) is 0 Å². The van der Waals surface area contributed by atoms with Crippen LogP contribution in [0.1, 0.15) is 25.0 Å². The van der Waals surface area contributed by atoms with Gasteiger partial charge in [0.25, 0.3) is 0 Å². The van der Waals surface area contributed by atoms with E-state index < -0.39 is 10.8 Å². The molecule has 154 valence electrons. The Kier molecular flexibility index (Phi) is 8.60. The highest BCUT2D eigenvalue weighted by Crippen LogP contribution is 2.46. The van der Waals surface area contributed by atoms with E-state index >= 15 is 0 Å². The Hall–Kier alpha value is -1.76. The Bertz CT molecular complexity index is 613. The Balaban J connectivity index is 0.000000332. The van der Waals surface area contributed by atoms with Crippen LogP contribution in [0.5, 0.6) is 0 Å². The molecule has 5 nitrogen and oxygen atoms in total. The molecule has 2 aliphatic heterocycles. The van der Waals surface area contributed by atoms with Crippen molar-refractivity contribution in [3.63, 3.8) is 0 Å². The minimum absolute atomic E-state index is 0.305. The lowest BCUT2D eigenvalue weighted by Gasteiger charge is -2.46. The van der Waals surface area contributed by atoms with Crippen LogP contribution in [0.4, 0.5) is 0 Å². The van der Waals surface area contributed by atoms with Crippen LogP contribution in [0.3, 0.4) is 0 Å². The van der Waals surface area contributed by atoms with E-state index in [-0.39, 0.29) is 19.8 Å². The summed E-state index contributed by atoms with van der Waals surface area (Å²) in [5, 5.41) is 29.7. The van der Waals surface area contributed by atoms with E-state index in [0.717, 1.165) is 30.9 Å². The van der Waals surface area contributed by atoms with Gasteiger partial charge in [0.1, 0.15) is 0 Å². The zero-order chi connectivity index (χ0) is 20.5. The molecule has 0 spiro atoms. The van der Waals surface area contributed by atoms with E-state index in [1.165, 1.54) is 0 Å². The number of hydrogen-bond donors (Lipinski definition) is 3. The fraction of sp³-hybridized carbons (Fsp3) is 0.478. The fourth-order valence-corrected chi connectivity index (χ4v) is 3.04. The second-order valence-corrected chi connectivity index (χ2v) is 7.37. The normalized spacial score (nSPS) is 17.5. The Labute approximate surface area is 167 Å². The Morgan fingerprint density at radius 3 is 1.36 bits per heavy atom. The second kappa shape index (κ2) is 10.7. The van der Waals surface area contributed by atoms with Gasteiger partial charge in [-0.2, -0.15) is 0 Å². The highest BCUT2D eigenvalue weighted by molar-refractivity contribution is 5.41. The van der Waals surface area contributed by atoms with Gasteiger partial charge >= 0.3 is 0 Å². The first-order valence-electron chi connectivity index (χ1n) is 9.67. The van der Waals surface area contributed by atoms with Gasteiger partial charge in [0.05, 0.1) is 51.2 Å². The number of aliphatic hydroxyl groups excluding tert-OH is 3. The van der Waals surface area contributed by atoms with Gasteiger partial charge in [-0.3, -0.25) is 0 Å². The molecule has 2 aromatic rings. The molecule has 5 heteroatoms. The van der Waals surface area contributed by atoms with E-state index in [9.17, 15) is 15.3 Å². The quantitative estimate of drug-likeness (QED) is 0.662. The number of hydrogen-bond acceptors (Lipinski definition) is 5. The summed E-state index contributed by atoms with van der Waals surface area (Å²) >= 11 is 0. The zero-order valence-electron chi connectivity index (χ0n) is 16.8. The minimum Gasteiger partial charge on any atom is -0.396 e. The van der Waals surface area contributed by atoms with Gasteiger partial charge in [0.2, 0.25) is 0 Å². The van der Waals surface area contributed by atoms with Crippen molar-refractivity contribution in [2.45, 2.75) is 25.4 Å². The summed E-state index contributed by atoms with van der Waals surface area (Å²) in [7, 11) is 0. The summed E-state index contributed by atoms with van der Waals surface area (Å²) in [6.07, 6.45) is 0.583. The molecule has 1 unspecified atom stereocenters. The summed E-state index contributed by atoms with van der Waals surface area (Å²) in [5.74, 6) is 0. The van der Waals surface area contributed by atoms with Gasteiger partial charge in [-0.05, 0) is 18.1 Å². The van der Waals surface area contributed by atoms with Crippen molar-refractivity contribution >= 4 is 0 Å². The predicted molar refractivity (Wildman–Crippen MR) is 109 cm³/mol. The summed E-state index contributed by atoms with van der Waals surface area (Å²) in [6.45, 7) is 6.08. The second-order valence-electron chi connectivity index (χ2n) is 7.37. The largest absolute Gasteiger partial charge is 0.396 e. The van der Waals surface area contributed by atoms with Gasteiger partial charge in [0, 0.05) is 5.41 Å². The molecule has 0 aromatic heterocycles. The van der Waals surface area contributed by atoms with Crippen LogP contribution in [0.2, 0.25) is 0 Å². The monoisotopic (exact) mass is 388 g/mol. The molecule has 2 saturated heterocycles. The highest BCUT2D eigenvalue weighted by atomic mass is 16.6. The van der Waals surface area contributed by atoms with Gasteiger partial charge < -0.3 is 24.8 Å². The maximum absolute atomic E-state index is 9.91. The summed E-state index contributed by atoms with van der Waals surface area (Å²) in [5.41, 5.74) is 0.158. The molecule has 2 fully saturated rings. The SMILES string of the molecule is C1CO1.CC(c1ccccc1)(c1ccccc1)C(CO)(CO)CO.CC1CO1. The number of benzene rings is 2. The van der Waals surface area contributed by atoms with Crippen LogP contribution >= 0.6 is 0 Å². The Morgan fingerprint density at radius 1 is 0.821 bits per heavy atom. The fourth-order valence-electron chi connectivity index (χ4n) is 3.04. The van der Waals surface area contributed by atoms with Crippen LogP contribution in [-0.4, -0.2) is 61.1 Å². The molecule has 0 radical (unpaired) electrons. The van der Waals surface area contributed by atoms with Gasteiger partial charge in [-0.1, -0.05) is 67.6 Å². The molecule has 0 amide bonds.